The number of hydrogen-bond acceptors (Lipinski definition) is 4. The molecule has 1 amide bonds. The van der Waals surface area contributed by atoms with Crippen LogP contribution >= 0.6 is 23.2 Å². The van der Waals surface area contributed by atoms with Gasteiger partial charge in [0.05, 0.1) is 35.1 Å². The molecule has 148 valence electrons. The number of hydrogen-bond donors (Lipinski definition) is 1. The number of aryl methyl sites for hydroxylation is 3. The zero-order valence-corrected chi connectivity index (χ0v) is 17.6. The zero-order valence-electron chi connectivity index (χ0n) is 16.1. The molecule has 0 atom stereocenters. The van der Waals surface area contributed by atoms with E-state index in [2.05, 4.69) is 20.5 Å². The van der Waals surface area contributed by atoms with E-state index in [1.165, 1.54) is 0 Å². The number of anilines is 1. The number of carbonyl (C=O) groups is 1. The minimum atomic E-state index is -0.244. The summed E-state index contributed by atoms with van der Waals surface area (Å²) in [5.41, 5.74) is 4.05. The van der Waals surface area contributed by atoms with Crippen LogP contribution in [0.3, 0.4) is 0 Å². The molecule has 3 aromatic heterocycles. The SMILES string of the molecule is Cc1cc(C(=O)Nc2cnn(Cc3c(Cl)cccc3Cl)c2)c2c(C)nn(C)c2n1. The van der Waals surface area contributed by atoms with Crippen LogP contribution in [0.4, 0.5) is 5.69 Å². The third-order valence-corrected chi connectivity index (χ3v) is 5.32. The van der Waals surface area contributed by atoms with E-state index >= 15 is 0 Å². The van der Waals surface area contributed by atoms with Crippen molar-refractivity contribution < 1.29 is 4.79 Å². The molecule has 0 bridgehead atoms. The molecule has 0 unspecified atom stereocenters. The Labute approximate surface area is 177 Å². The van der Waals surface area contributed by atoms with Crippen LogP contribution in [0, 0.1) is 13.8 Å². The second kappa shape index (κ2) is 7.50. The lowest BCUT2D eigenvalue weighted by Crippen LogP contribution is -2.13. The number of halogens is 2. The number of carbonyl (C=O) groups excluding carboxylic acids is 1. The predicted molar refractivity (Wildman–Crippen MR) is 114 cm³/mol. The van der Waals surface area contributed by atoms with Crippen LogP contribution < -0.4 is 5.32 Å². The summed E-state index contributed by atoms with van der Waals surface area (Å²) >= 11 is 12.5. The van der Waals surface area contributed by atoms with E-state index in [-0.39, 0.29) is 5.91 Å². The Balaban J connectivity index is 1.60. The first-order chi connectivity index (χ1) is 13.8. The molecule has 0 spiro atoms. The van der Waals surface area contributed by atoms with Crippen LogP contribution in [0.1, 0.15) is 27.3 Å². The molecule has 9 heteroatoms. The van der Waals surface area contributed by atoms with Crippen LogP contribution in [0.2, 0.25) is 10.0 Å². The molecule has 7 nitrogen and oxygen atoms in total. The Hall–Kier alpha value is -2.90. The minimum Gasteiger partial charge on any atom is -0.319 e. The van der Waals surface area contributed by atoms with Gasteiger partial charge in [-0.3, -0.25) is 14.2 Å². The van der Waals surface area contributed by atoms with Crippen molar-refractivity contribution in [3.8, 4) is 0 Å². The second-order valence-corrected chi connectivity index (χ2v) is 7.61. The molecular weight excluding hydrogens is 411 g/mol. The average molecular weight is 429 g/mol. The third kappa shape index (κ3) is 3.71. The van der Waals surface area contributed by atoms with Gasteiger partial charge in [0.25, 0.3) is 5.91 Å². The molecule has 29 heavy (non-hydrogen) atoms. The molecule has 0 saturated carbocycles. The van der Waals surface area contributed by atoms with Crippen molar-refractivity contribution in [2.24, 2.45) is 7.05 Å². The highest BCUT2D eigenvalue weighted by atomic mass is 35.5. The molecule has 1 aromatic carbocycles. The maximum Gasteiger partial charge on any atom is 0.256 e. The number of aromatic nitrogens is 5. The number of nitrogens with zero attached hydrogens (tertiary/aromatic N) is 5. The molecule has 0 radical (unpaired) electrons. The summed E-state index contributed by atoms with van der Waals surface area (Å²) in [6.45, 7) is 4.11. The van der Waals surface area contributed by atoms with Gasteiger partial charge in [-0.05, 0) is 32.0 Å². The molecule has 0 aliphatic heterocycles. The van der Waals surface area contributed by atoms with Gasteiger partial charge in [0.15, 0.2) is 5.65 Å². The maximum atomic E-state index is 13.0. The van der Waals surface area contributed by atoms with Crippen LogP contribution in [-0.2, 0) is 13.6 Å². The molecule has 0 aliphatic carbocycles. The number of fused-ring (bicyclic) bond motifs is 1. The van der Waals surface area contributed by atoms with E-state index in [9.17, 15) is 4.79 Å². The largest absolute Gasteiger partial charge is 0.319 e. The van der Waals surface area contributed by atoms with Gasteiger partial charge in [0, 0.05) is 34.5 Å². The average Bonchev–Trinajstić information content (AvgIpc) is 3.21. The van der Waals surface area contributed by atoms with Crippen molar-refractivity contribution in [1.29, 1.82) is 0 Å². The summed E-state index contributed by atoms with van der Waals surface area (Å²) in [5, 5.41) is 13.5. The Morgan fingerprint density at radius 2 is 1.93 bits per heavy atom. The first-order valence-electron chi connectivity index (χ1n) is 8.91. The highest BCUT2D eigenvalue weighted by Crippen LogP contribution is 2.26. The zero-order chi connectivity index (χ0) is 20.7. The lowest BCUT2D eigenvalue weighted by molar-refractivity contribution is 0.102. The van der Waals surface area contributed by atoms with Gasteiger partial charge < -0.3 is 5.32 Å². The van der Waals surface area contributed by atoms with Crippen molar-refractivity contribution in [3.63, 3.8) is 0 Å². The van der Waals surface area contributed by atoms with Crippen molar-refractivity contribution in [1.82, 2.24) is 24.5 Å². The van der Waals surface area contributed by atoms with Gasteiger partial charge in [-0.1, -0.05) is 29.3 Å². The Bertz CT molecular complexity index is 1220. The smallest absolute Gasteiger partial charge is 0.256 e. The first kappa shape index (κ1) is 19.4. The topological polar surface area (TPSA) is 77.6 Å². The van der Waals surface area contributed by atoms with Crippen LogP contribution in [-0.4, -0.2) is 30.5 Å². The summed E-state index contributed by atoms with van der Waals surface area (Å²) in [7, 11) is 1.81. The van der Waals surface area contributed by atoms with E-state index in [0.29, 0.717) is 33.5 Å². The van der Waals surface area contributed by atoms with E-state index in [1.807, 2.05) is 20.9 Å². The number of amides is 1. The highest BCUT2D eigenvalue weighted by molar-refractivity contribution is 6.36. The fourth-order valence-corrected chi connectivity index (χ4v) is 3.82. The normalized spacial score (nSPS) is 11.2. The van der Waals surface area contributed by atoms with E-state index in [4.69, 9.17) is 23.2 Å². The minimum absolute atomic E-state index is 0.244. The van der Waals surface area contributed by atoms with E-state index in [1.54, 1.807) is 46.0 Å². The molecule has 4 aromatic rings. The quantitative estimate of drug-likeness (QED) is 0.522. The second-order valence-electron chi connectivity index (χ2n) is 6.80. The van der Waals surface area contributed by atoms with Gasteiger partial charge in [-0.15, -0.1) is 0 Å². The molecule has 0 saturated heterocycles. The van der Waals surface area contributed by atoms with Crippen molar-refractivity contribution in [2.75, 3.05) is 5.32 Å². The van der Waals surface area contributed by atoms with Gasteiger partial charge in [-0.2, -0.15) is 10.2 Å². The fraction of sp³-hybridized carbons (Fsp3) is 0.200. The molecule has 1 N–H and O–H groups in total. The third-order valence-electron chi connectivity index (χ3n) is 4.61. The van der Waals surface area contributed by atoms with Crippen molar-refractivity contribution in [2.45, 2.75) is 20.4 Å². The Kier molecular flexibility index (Phi) is 5.02. The Morgan fingerprint density at radius 1 is 1.21 bits per heavy atom. The van der Waals surface area contributed by atoms with Crippen LogP contribution in [0.5, 0.6) is 0 Å². The molecule has 0 aliphatic rings. The lowest BCUT2D eigenvalue weighted by Gasteiger charge is -2.07. The van der Waals surface area contributed by atoms with E-state index < -0.39 is 0 Å². The van der Waals surface area contributed by atoms with Crippen LogP contribution in [0.15, 0.2) is 36.7 Å². The van der Waals surface area contributed by atoms with Crippen molar-refractivity contribution >= 4 is 45.8 Å². The molecule has 3 heterocycles. The predicted octanol–water partition coefficient (Wildman–Crippen LogP) is 4.39. The number of pyridine rings is 1. The highest BCUT2D eigenvalue weighted by Gasteiger charge is 2.18. The van der Waals surface area contributed by atoms with E-state index in [0.717, 1.165) is 22.3 Å². The van der Waals surface area contributed by atoms with Crippen LogP contribution in [0.25, 0.3) is 11.0 Å². The Morgan fingerprint density at radius 3 is 2.66 bits per heavy atom. The van der Waals surface area contributed by atoms with Crippen molar-refractivity contribution in [3.05, 3.63) is 69.2 Å². The first-order valence-corrected chi connectivity index (χ1v) is 9.66. The number of rotatable bonds is 4. The van der Waals surface area contributed by atoms with Gasteiger partial charge >= 0.3 is 0 Å². The molecule has 4 rings (SSSR count). The summed E-state index contributed by atoms with van der Waals surface area (Å²) in [6, 6.07) is 7.12. The van der Waals surface area contributed by atoms with Gasteiger partial charge in [0.2, 0.25) is 0 Å². The summed E-state index contributed by atoms with van der Waals surface area (Å²) in [6.07, 6.45) is 3.32. The summed E-state index contributed by atoms with van der Waals surface area (Å²) < 4.78 is 3.35. The lowest BCUT2D eigenvalue weighted by atomic mass is 10.1. The van der Waals surface area contributed by atoms with Gasteiger partial charge in [-0.25, -0.2) is 4.98 Å². The standard InChI is InChI=1S/C20H18Cl2N6O/c1-11-7-14(18-12(2)26-27(3)19(18)24-11)20(29)25-13-8-23-28(9-13)10-15-16(21)5-4-6-17(15)22/h4-9H,10H2,1-3H3,(H,25,29). The summed E-state index contributed by atoms with van der Waals surface area (Å²) in [5.74, 6) is -0.244. The molecule has 0 fully saturated rings. The van der Waals surface area contributed by atoms with Gasteiger partial charge in [0.1, 0.15) is 0 Å². The maximum absolute atomic E-state index is 13.0. The summed E-state index contributed by atoms with van der Waals surface area (Å²) in [4.78, 5) is 17.5. The fourth-order valence-electron chi connectivity index (χ4n) is 3.31. The number of nitrogens with one attached hydrogen (secondary N) is 1. The number of benzene rings is 1. The monoisotopic (exact) mass is 428 g/mol. The molecular formula is C20H18Cl2N6O.